The van der Waals surface area contributed by atoms with E-state index in [0.717, 1.165) is 17.5 Å². The summed E-state index contributed by atoms with van der Waals surface area (Å²) in [5.41, 5.74) is 2.40. The molecule has 1 saturated carbocycles. The van der Waals surface area contributed by atoms with Crippen LogP contribution in [0.4, 0.5) is 0 Å². The zero-order chi connectivity index (χ0) is 22.8. The third-order valence-electron chi connectivity index (χ3n) is 6.20. The monoisotopic (exact) mass is 529 g/mol. The average molecular weight is 530 g/mol. The quantitative estimate of drug-likeness (QED) is 0.484. The molecule has 0 aromatic heterocycles. The van der Waals surface area contributed by atoms with Crippen molar-refractivity contribution in [1.82, 2.24) is 10.6 Å². The number of nitrogens with one attached hydrogen (secondary N) is 2. The van der Waals surface area contributed by atoms with Gasteiger partial charge in [0.05, 0.1) is 6.07 Å². The third-order valence-corrected chi connectivity index (χ3v) is 7.40. The first kappa shape index (κ1) is 27.0. The Labute approximate surface area is 211 Å². The molecule has 2 aromatic carbocycles. The normalized spacial score (nSPS) is 15.4. The third kappa shape index (κ3) is 8.54. The minimum absolute atomic E-state index is 0. The molecule has 1 aliphatic rings. The number of halogens is 1. The van der Waals surface area contributed by atoms with Gasteiger partial charge in [-0.25, -0.2) is 0 Å². The van der Waals surface area contributed by atoms with Gasteiger partial charge >= 0.3 is 188 Å². The molecule has 3 atom stereocenters. The Kier molecular flexibility index (Phi) is 11.5. The first-order chi connectivity index (χ1) is 15.6. The Morgan fingerprint density at radius 3 is 2.27 bits per heavy atom. The van der Waals surface area contributed by atoms with Crippen molar-refractivity contribution >= 4 is 41.1 Å². The van der Waals surface area contributed by atoms with Gasteiger partial charge in [-0.05, 0) is 0 Å². The molecule has 0 radical (unpaired) electrons. The van der Waals surface area contributed by atoms with E-state index in [1.54, 1.807) is 12.1 Å². The predicted molar refractivity (Wildman–Crippen MR) is 136 cm³/mol. The van der Waals surface area contributed by atoms with Crippen LogP contribution in [0.25, 0.3) is 0 Å². The first-order valence-corrected chi connectivity index (χ1v) is 12.8. The Balaban J connectivity index is 0.00000385. The van der Waals surface area contributed by atoms with E-state index in [9.17, 15) is 9.59 Å². The van der Waals surface area contributed by atoms with Crippen LogP contribution in [0.1, 0.15) is 61.1 Å². The summed E-state index contributed by atoms with van der Waals surface area (Å²) in [6, 6.07) is 18.8. The molecule has 0 heterocycles. The molecule has 33 heavy (non-hydrogen) atoms. The summed E-state index contributed by atoms with van der Waals surface area (Å²) in [4.78, 5) is 25.8. The summed E-state index contributed by atoms with van der Waals surface area (Å²) < 4.78 is 0.0173. The molecule has 5 nitrogen and oxygen atoms in total. The van der Waals surface area contributed by atoms with Gasteiger partial charge in [-0.15, -0.1) is 12.4 Å². The predicted octanol–water partition coefficient (Wildman–Crippen LogP) is 3.89. The molecule has 7 heteroatoms. The number of rotatable bonds is 9. The van der Waals surface area contributed by atoms with Crippen LogP contribution in [0.2, 0.25) is 4.71 Å². The van der Waals surface area contributed by atoms with E-state index in [1.807, 2.05) is 42.5 Å². The van der Waals surface area contributed by atoms with E-state index in [1.165, 1.54) is 49.0 Å². The summed E-state index contributed by atoms with van der Waals surface area (Å²) in [7, 11) is 0. The zero-order valence-corrected chi connectivity index (χ0v) is 22.1. The van der Waals surface area contributed by atoms with Gasteiger partial charge in [-0.1, -0.05) is 0 Å². The Morgan fingerprint density at radius 1 is 0.970 bits per heavy atom. The van der Waals surface area contributed by atoms with Crippen molar-refractivity contribution in [2.45, 2.75) is 55.7 Å². The topological polar surface area (TPSA) is 82.0 Å². The van der Waals surface area contributed by atoms with E-state index in [4.69, 9.17) is 5.26 Å². The van der Waals surface area contributed by atoms with Gasteiger partial charge in [0.2, 0.25) is 0 Å². The molecule has 0 aliphatic heterocycles. The molecule has 2 aromatic rings. The summed E-state index contributed by atoms with van der Waals surface area (Å²) in [6.45, 7) is 0.663. The second-order valence-electron chi connectivity index (χ2n) is 8.58. The molecule has 176 valence electrons. The van der Waals surface area contributed by atoms with Crippen molar-refractivity contribution in [1.29, 1.82) is 5.26 Å². The van der Waals surface area contributed by atoms with E-state index >= 15 is 0 Å². The molecule has 1 aliphatic carbocycles. The van der Waals surface area contributed by atoms with Crippen molar-refractivity contribution < 1.29 is 9.59 Å². The number of hydrogen-bond acceptors (Lipinski definition) is 3. The maximum atomic E-state index is 13.0. The first-order valence-electron chi connectivity index (χ1n) is 11.4. The second kappa shape index (κ2) is 14.1. The van der Waals surface area contributed by atoms with Crippen LogP contribution in [0.5, 0.6) is 0 Å². The van der Waals surface area contributed by atoms with Gasteiger partial charge in [-0.3, -0.25) is 0 Å². The van der Waals surface area contributed by atoms with Crippen LogP contribution in [0, 0.1) is 17.2 Å². The molecular weight excluding hydrogens is 497 g/mol. The maximum absolute atomic E-state index is 13.0. The fraction of sp³-hybridized carbons (Fsp3) is 0.423. The number of amides is 2. The number of nitriles is 1. The molecule has 0 bridgehead atoms. The van der Waals surface area contributed by atoms with E-state index in [0.29, 0.717) is 18.0 Å². The van der Waals surface area contributed by atoms with Gasteiger partial charge in [0.15, 0.2) is 0 Å². The van der Waals surface area contributed by atoms with E-state index in [-0.39, 0.29) is 35.5 Å². The zero-order valence-electron chi connectivity index (χ0n) is 18.8. The molecule has 2 amide bonds. The summed E-state index contributed by atoms with van der Waals surface area (Å²) in [5.74, 6) is 0.141. The number of benzene rings is 2. The SMILES string of the molecule is Cl.N#Cc1ccc(CNC(=O)[C@@H](CNC(=O)[C@H]([AsH2])CC2CCCCC2)c2ccccc2)cc1. The summed E-state index contributed by atoms with van der Waals surface area (Å²) >= 11 is 1.47. The van der Waals surface area contributed by atoms with Crippen molar-refractivity contribution in [2.75, 3.05) is 6.54 Å². The van der Waals surface area contributed by atoms with Gasteiger partial charge in [0.1, 0.15) is 0 Å². The fourth-order valence-corrected chi connectivity index (χ4v) is 5.33. The number of hydrogen-bond donors (Lipinski definition) is 2. The molecule has 2 N–H and O–H groups in total. The van der Waals surface area contributed by atoms with Crippen molar-refractivity contribution in [3.8, 4) is 6.07 Å². The molecule has 0 saturated heterocycles. The number of carbonyl (C=O) groups is 2. The Hall–Kier alpha value is -2.28. The van der Waals surface area contributed by atoms with Gasteiger partial charge in [0, 0.05) is 0 Å². The van der Waals surface area contributed by atoms with Crippen LogP contribution < -0.4 is 10.6 Å². The van der Waals surface area contributed by atoms with Crippen LogP contribution in [-0.2, 0) is 16.1 Å². The molecular formula is C26H33AsClN3O2. The number of carbonyl (C=O) groups excluding carboxylic acids is 2. The number of nitrogens with zero attached hydrogens (tertiary/aromatic N) is 1. The standard InChI is InChI=1S/C26H32AsN3O2.ClH/c27-24(15-19-7-3-1-4-8-19)26(32)30-18-23(22-9-5-2-6-10-22)25(31)29-17-21-13-11-20(16-28)12-14-21;/h2,5-6,9-14,19,23-24H,1,3-4,7-8,15,17-18,27H2,(H,29,31)(H,30,32);1H/t23-,24+;/m0./s1. The van der Waals surface area contributed by atoms with Crippen LogP contribution >= 0.6 is 12.4 Å². The van der Waals surface area contributed by atoms with Gasteiger partial charge in [0.25, 0.3) is 0 Å². The molecule has 1 fully saturated rings. The van der Waals surface area contributed by atoms with Crippen molar-refractivity contribution in [2.24, 2.45) is 5.92 Å². The molecule has 0 spiro atoms. The minimum atomic E-state index is -0.451. The van der Waals surface area contributed by atoms with Crippen LogP contribution in [0.3, 0.4) is 0 Å². The fourth-order valence-electron chi connectivity index (χ4n) is 4.28. The molecule has 3 rings (SSSR count). The van der Waals surface area contributed by atoms with Crippen LogP contribution in [0.15, 0.2) is 54.6 Å². The van der Waals surface area contributed by atoms with E-state index in [2.05, 4.69) is 16.7 Å². The van der Waals surface area contributed by atoms with Crippen LogP contribution in [-0.4, -0.2) is 35.2 Å². The van der Waals surface area contributed by atoms with Crippen molar-refractivity contribution in [3.63, 3.8) is 0 Å². The van der Waals surface area contributed by atoms with Gasteiger partial charge < -0.3 is 0 Å². The Morgan fingerprint density at radius 2 is 1.64 bits per heavy atom. The average Bonchev–Trinajstić information content (AvgIpc) is 2.84. The van der Waals surface area contributed by atoms with Gasteiger partial charge in [-0.2, -0.15) is 5.26 Å². The Bertz CT molecular complexity index is 925. The summed E-state index contributed by atoms with van der Waals surface area (Å²) in [6.07, 6.45) is 7.30. The van der Waals surface area contributed by atoms with Crippen molar-refractivity contribution in [3.05, 3.63) is 71.3 Å². The van der Waals surface area contributed by atoms with E-state index < -0.39 is 5.92 Å². The second-order valence-corrected chi connectivity index (χ2v) is 10.3. The molecule has 1 unspecified atom stereocenters. The summed E-state index contributed by atoms with van der Waals surface area (Å²) in [5, 5.41) is 15.0.